The highest BCUT2D eigenvalue weighted by atomic mass is 32.2. The third-order valence-electron chi connectivity index (χ3n) is 7.75. The normalized spacial score (nSPS) is 13.9. The van der Waals surface area contributed by atoms with Gasteiger partial charge in [-0.15, -0.1) is 0 Å². The number of imidazole rings is 1. The fourth-order valence-corrected chi connectivity index (χ4v) is 6.47. The van der Waals surface area contributed by atoms with Gasteiger partial charge in [-0.2, -0.15) is 0 Å². The summed E-state index contributed by atoms with van der Waals surface area (Å²) in [6, 6.07) is 31.8. The maximum Gasteiger partial charge on any atom is 0.222 e. The molecule has 2 heterocycles. The molecule has 0 N–H and O–H groups in total. The van der Waals surface area contributed by atoms with Gasteiger partial charge in [0.15, 0.2) is 5.16 Å². The fraction of sp³-hybridized carbons (Fsp3) is 0.371. The number of carbonyl (C=O) groups is 1. The number of aromatic nitrogens is 2. The van der Waals surface area contributed by atoms with Gasteiger partial charge in [0, 0.05) is 62.6 Å². The van der Waals surface area contributed by atoms with E-state index < -0.39 is 0 Å². The van der Waals surface area contributed by atoms with Gasteiger partial charge < -0.3 is 9.47 Å². The van der Waals surface area contributed by atoms with E-state index in [0.717, 1.165) is 87.1 Å². The SMILES string of the molecule is CCCCn1c(SCCCCC(=O)N2CCN(Cc3ccccc3)CC2)nc(-c2ccccc2)c1-c1ccccc1. The van der Waals surface area contributed by atoms with Crippen LogP contribution in [0.3, 0.4) is 0 Å². The lowest BCUT2D eigenvalue weighted by atomic mass is 10.0. The number of hydrogen-bond acceptors (Lipinski definition) is 4. The van der Waals surface area contributed by atoms with Crippen LogP contribution < -0.4 is 0 Å². The van der Waals surface area contributed by atoms with Crippen LogP contribution in [-0.4, -0.2) is 57.2 Å². The van der Waals surface area contributed by atoms with Crippen molar-refractivity contribution in [3.05, 3.63) is 96.6 Å². The summed E-state index contributed by atoms with van der Waals surface area (Å²) in [5, 5.41) is 1.08. The molecule has 5 rings (SSSR count). The van der Waals surface area contributed by atoms with Crippen molar-refractivity contribution in [2.24, 2.45) is 0 Å². The minimum atomic E-state index is 0.302. The van der Waals surface area contributed by atoms with Crippen LogP contribution >= 0.6 is 11.8 Å². The Kier molecular flexibility index (Phi) is 10.7. The summed E-state index contributed by atoms with van der Waals surface area (Å²) in [5.74, 6) is 1.26. The second-order valence-electron chi connectivity index (χ2n) is 10.8. The van der Waals surface area contributed by atoms with Crippen LogP contribution in [-0.2, 0) is 17.9 Å². The van der Waals surface area contributed by atoms with Crippen LogP contribution in [0.5, 0.6) is 0 Å². The molecule has 0 unspecified atom stereocenters. The van der Waals surface area contributed by atoms with Gasteiger partial charge in [0.05, 0.1) is 11.4 Å². The van der Waals surface area contributed by atoms with Crippen molar-refractivity contribution < 1.29 is 4.79 Å². The maximum absolute atomic E-state index is 12.9. The number of unbranched alkanes of at least 4 members (excludes halogenated alkanes) is 2. The molecule has 1 saturated heterocycles. The molecule has 1 aliphatic heterocycles. The molecule has 6 heteroatoms. The summed E-state index contributed by atoms with van der Waals surface area (Å²) >= 11 is 1.83. The van der Waals surface area contributed by atoms with Gasteiger partial charge in [0.1, 0.15) is 0 Å². The molecule has 0 atom stereocenters. The predicted molar refractivity (Wildman–Crippen MR) is 171 cm³/mol. The highest BCUT2D eigenvalue weighted by molar-refractivity contribution is 7.99. The number of nitrogens with zero attached hydrogens (tertiary/aromatic N) is 4. The van der Waals surface area contributed by atoms with Crippen molar-refractivity contribution >= 4 is 17.7 Å². The van der Waals surface area contributed by atoms with E-state index in [4.69, 9.17) is 4.98 Å². The molecule has 1 aliphatic rings. The van der Waals surface area contributed by atoms with E-state index in [1.807, 2.05) is 11.8 Å². The van der Waals surface area contributed by atoms with Crippen LogP contribution in [0.4, 0.5) is 0 Å². The number of thioether (sulfide) groups is 1. The highest BCUT2D eigenvalue weighted by Gasteiger charge is 2.22. The molecule has 3 aromatic carbocycles. The van der Waals surface area contributed by atoms with Crippen LogP contribution in [0, 0.1) is 0 Å². The molecule has 1 fully saturated rings. The zero-order valence-electron chi connectivity index (χ0n) is 24.3. The largest absolute Gasteiger partial charge is 0.340 e. The Morgan fingerprint density at radius 3 is 2.07 bits per heavy atom. The molecule has 41 heavy (non-hydrogen) atoms. The van der Waals surface area contributed by atoms with Gasteiger partial charge in [-0.05, 0) is 24.8 Å². The zero-order chi connectivity index (χ0) is 28.3. The quantitative estimate of drug-likeness (QED) is 0.123. The van der Waals surface area contributed by atoms with E-state index in [9.17, 15) is 4.79 Å². The second-order valence-corrected chi connectivity index (χ2v) is 11.8. The number of rotatable bonds is 13. The summed E-state index contributed by atoms with van der Waals surface area (Å²) in [7, 11) is 0. The smallest absolute Gasteiger partial charge is 0.222 e. The lowest BCUT2D eigenvalue weighted by Crippen LogP contribution is -2.48. The first-order chi connectivity index (χ1) is 20.2. The predicted octanol–water partition coefficient (Wildman–Crippen LogP) is 7.62. The Bertz CT molecular complexity index is 1350. The topological polar surface area (TPSA) is 41.4 Å². The summed E-state index contributed by atoms with van der Waals surface area (Å²) in [6.07, 6.45) is 4.81. The molecule has 0 aliphatic carbocycles. The molecular formula is C35H42N4OS. The molecule has 0 spiro atoms. The maximum atomic E-state index is 12.9. The summed E-state index contributed by atoms with van der Waals surface area (Å²) < 4.78 is 2.42. The third kappa shape index (κ3) is 7.90. The van der Waals surface area contributed by atoms with Crippen LogP contribution in [0.15, 0.2) is 96.2 Å². The summed E-state index contributed by atoms with van der Waals surface area (Å²) in [6.45, 7) is 7.72. The van der Waals surface area contributed by atoms with E-state index in [1.54, 1.807) is 0 Å². The molecular weight excluding hydrogens is 524 g/mol. The Morgan fingerprint density at radius 1 is 0.780 bits per heavy atom. The molecule has 0 bridgehead atoms. The van der Waals surface area contributed by atoms with Gasteiger partial charge >= 0.3 is 0 Å². The van der Waals surface area contributed by atoms with Crippen LogP contribution in [0.25, 0.3) is 22.5 Å². The minimum absolute atomic E-state index is 0.302. The van der Waals surface area contributed by atoms with Crippen molar-refractivity contribution in [1.29, 1.82) is 0 Å². The Morgan fingerprint density at radius 2 is 1.41 bits per heavy atom. The van der Waals surface area contributed by atoms with Crippen molar-refractivity contribution in [3.8, 4) is 22.5 Å². The number of hydrogen-bond donors (Lipinski definition) is 0. The second kappa shape index (κ2) is 15.0. The molecule has 0 radical (unpaired) electrons. The first-order valence-corrected chi connectivity index (χ1v) is 16.1. The van der Waals surface area contributed by atoms with Crippen molar-refractivity contribution in [3.63, 3.8) is 0 Å². The Labute approximate surface area is 249 Å². The van der Waals surface area contributed by atoms with Crippen molar-refractivity contribution in [2.45, 2.75) is 57.3 Å². The van der Waals surface area contributed by atoms with Gasteiger partial charge in [-0.1, -0.05) is 116 Å². The lowest BCUT2D eigenvalue weighted by molar-refractivity contribution is -0.133. The first kappa shape index (κ1) is 29.2. The number of piperazine rings is 1. The molecule has 5 nitrogen and oxygen atoms in total. The van der Waals surface area contributed by atoms with E-state index in [0.29, 0.717) is 12.3 Å². The van der Waals surface area contributed by atoms with E-state index in [2.05, 4.69) is 112 Å². The van der Waals surface area contributed by atoms with Crippen LogP contribution in [0.1, 0.15) is 44.6 Å². The zero-order valence-corrected chi connectivity index (χ0v) is 25.1. The minimum Gasteiger partial charge on any atom is -0.340 e. The third-order valence-corrected chi connectivity index (χ3v) is 8.82. The first-order valence-electron chi connectivity index (χ1n) is 15.1. The molecule has 4 aromatic rings. The van der Waals surface area contributed by atoms with E-state index >= 15 is 0 Å². The number of benzene rings is 3. The average Bonchev–Trinajstić information content (AvgIpc) is 3.39. The van der Waals surface area contributed by atoms with Crippen molar-refractivity contribution in [2.75, 3.05) is 31.9 Å². The van der Waals surface area contributed by atoms with Gasteiger partial charge in [0.2, 0.25) is 5.91 Å². The van der Waals surface area contributed by atoms with Gasteiger partial charge in [0.25, 0.3) is 0 Å². The Hall–Kier alpha value is -3.35. The average molecular weight is 567 g/mol. The standard InChI is InChI=1S/C35H42N4OS/c1-2-3-22-39-34(31-19-11-6-12-20-31)33(30-17-9-5-10-18-30)36-35(39)41-27-14-13-21-32(40)38-25-23-37(24-26-38)28-29-15-7-4-8-16-29/h4-12,15-20H,2-3,13-14,21-28H2,1H3. The molecule has 1 aromatic heterocycles. The molecule has 1 amide bonds. The molecule has 214 valence electrons. The van der Waals surface area contributed by atoms with Crippen molar-refractivity contribution in [1.82, 2.24) is 19.4 Å². The highest BCUT2D eigenvalue weighted by Crippen LogP contribution is 2.36. The van der Waals surface area contributed by atoms with Gasteiger partial charge in [-0.25, -0.2) is 4.98 Å². The Balaban J connectivity index is 1.16. The summed E-state index contributed by atoms with van der Waals surface area (Å²) in [4.78, 5) is 22.6. The monoisotopic (exact) mass is 566 g/mol. The van der Waals surface area contributed by atoms with E-state index in [-0.39, 0.29) is 0 Å². The number of amides is 1. The number of carbonyl (C=O) groups excluding carboxylic acids is 1. The lowest BCUT2D eigenvalue weighted by Gasteiger charge is -2.34. The van der Waals surface area contributed by atoms with E-state index in [1.165, 1.54) is 16.8 Å². The molecule has 0 saturated carbocycles. The summed E-state index contributed by atoms with van der Waals surface area (Å²) in [5.41, 5.74) is 5.95. The van der Waals surface area contributed by atoms with Gasteiger partial charge in [-0.3, -0.25) is 9.69 Å². The fourth-order valence-electron chi connectivity index (χ4n) is 5.45. The van der Waals surface area contributed by atoms with Crippen LogP contribution in [0.2, 0.25) is 0 Å².